The Kier molecular flexibility index (Phi) is 6.74. The molecule has 0 bridgehead atoms. The van der Waals surface area contributed by atoms with Gasteiger partial charge in [-0.05, 0) is 56.9 Å². The molecule has 4 aromatic rings. The summed E-state index contributed by atoms with van der Waals surface area (Å²) in [7, 11) is 3.89. The van der Waals surface area contributed by atoms with Crippen molar-refractivity contribution in [1.82, 2.24) is 28.9 Å². The van der Waals surface area contributed by atoms with Crippen LogP contribution in [0.5, 0.6) is 11.5 Å². The largest absolute Gasteiger partial charge is 0.457 e. The van der Waals surface area contributed by atoms with E-state index in [1.54, 1.807) is 39.8 Å². The van der Waals surface area contributed by atoms with E-state index in [2.05, 4.69) is 9.97 Å². The van der Waals surface area contributed by atoms with E-state index in [4.69, 9.17) is 10.5 Å². The summed E-state index contributed by atoms with van der Waals surface area (Å²) >= 11 is 0. The molecule has 0 radical (unpaired) electrons. The number of nitrogens with two attached hydrogens (primary N) is 1. The van der Waals surface area contributed by atoms with Crippen LogP contribution in [-0.4, -0.2) is 68.5 Å². The quantitative estimate of drug-likeness (QED) is 0.389. The number of imidazole rings is 1. The highest BCUT2D eigenvalue weighted by Gasteiger charge is 2.31. The number of aromatic nitrogens is 4. The summed E-state index contributed by atoms with van der Waals surface area (Å²) in [5.74, 6) is 1.51. The van der Waals surface area contributed by atoms with Crippen LogP contribution < -0.4 is 16.2 Å². The third-order valence-corrected chi connectivity index (χ3v) is 6.33. The van der Waals surface area contributed by atoms with Crippen molar-refractivity contribution < 1.29 is 9.53 Å². The number of nitrogens with zero attached hydrogens (tertiary/aromatic N) is 6. The van der Waals surface area contributed by atoms with Crippen molar-refractivity contribution in [2.75, 3.05) is 39.5 Å². The number of hydrogen-bond acceptors (Lipinski definition) is 7. The minimum atomic E-state index is -0.277. The fourth-order valence-corrected chi connectivity index (χ4v) is 4.55. The first-order valence-electron chi connectivity index (χ1n) is 12.1. The molecule has 2 aromatic heterocycles. The molecular formula is C27H29N7O3. The summed E-state index contributed by atoms with van der Waals surface area (Å²) < 4.78 is 9.05. The maximum Gasteiger partial charge on any atom is 0.335 e. The standard InChI is InChI=1S/C27H29N7O3/c1-31(2)15-6-9-23(35)32-16-14-20(17-32)34-26-24(25(28)29-18-30-26)33(27(34)36)19-10-12-22(13-11-19)37-21-7-4-3-5-8-21/h3-13,18,20H,14-17H2,1-2H3,(H2,28,29,30)/b9-6-. The van der Waals surface area contributed by atoms with E-state index in [0.717, 1.165) is 5.75 Å². The Morgan fingerprint density at radius 2 is 1.84 bits per heavy atom. The SMILES string of the molecule is CN(C)C/C=C\C(=O)N1CCC(n2c(=O)n(-c3ccc(Oc4ccccc4)cc3)c3c(N)ncnc32)C1. The summed E-state index contributed by atoms with van der Waals surface area (Å²) in [5.41, 5.74) is 7.47. The molecule has 37 heavy (non-hydrogen) atoms. The third-order valence-electron chi connectivity index (χ3n) is 6.33. The van der Waals surface area contributed by atoms with Gasteiger partial charge in [0.1, 0.15) is 23.3 Å². The second-order valence-corrected chi connectivity index (χ2v) is 9.22. The molecule has 1 unspecified atom stereocenters. The Morgan fingerprint density at radius 1 is 1.11 bits per heavy atom. The van der Waals surface area contributed by atoms with Gasteiger partial charge in [0.15, 0.2) is 11.5 Å². The molecule has 1 amide bonds. The van der Waals surface area contributed by atoms with Crippen LogP contribution in [0.2, 0.25) is 0 Å². The molecule has 0 aliphatic carbocycles. The van der Waals surface area contributed by atoms with Crippen LogP contribution in [0.15, 0.2) is 77.9 Å². The topological polar surface area (TPSA) is 112 Å². The van der Waals surface area contributed by atoms with Gasteiger partial charge in [-0.15, -0.1) is 0 Å². The van der Waals surface area contributed by atoms with Crippen LogP contribution in [0.3, 0.4) is 0 Å². The Bertz CT molecular complexity index is 1490. The smallest absolute Gasteiger partial charge is 0.335 e. The lowest BCUT2D eigenvalue weighted by molar-refractivity contribution is -0.125. The number of carbonyl (C=O) groups is 1. The maximum atomic E-state index is 13.8. The average molecular weight is 500 g/mol. The fraction of sp³-hybridized carbons (Fsp3) is 0.259. The molecule has 5 rings (SSSR count). The molecule has 1 saturated heterocycles. The van der Waals surface area contributed by atoms with Crippen molar-refractivity contribution in [3.63, 3.8) is 0 Å². The molecule has 2 N–H and O–H groups in total. The molecule has 2 aromatic carbocycles. The van der Waals surface area contributed by atoms with Crippen LogP contribution in [0.25, 0.3) is 16.9 Å². The first kappa shape index (κ1) is 24.3. The summed E-state index contributed by atoms with van der Waals surface area (Å²) in [6.45, 7) is 1.65. The third kappa shape index (κ3) is 4.96. The number of rotatable bonds is 7. The van der Waals surface area contributed by atoms with Crippen molar-refractivity contribution in [2.24, 2.45) is 0 Å². The number of anilines is 1. The maximum absolute atomic E-state index is 13.8. The zero-order valence-corrected chi connectivity index (χ0v) is 20.8. The lowest BCUT2D eigenvalue weighted by atomic mass is 10.2. The predicted octanol–water partition coefficient (Wildman–Crippen LogP) is 2.85. The molecule has 1 aliphatic rings. The molecule has 1 aliphatic heterocycles. The Morgan fingerprint density at radius 3 is 2.57 bits per heavy atom. The zero-order valence-electron chi connectivity index (χ0n) is 20.8. The number of nitrogen functional groups attached to an aromatic ring is 1. The summed E-state index contributed by atoms with van der Waals surface area (Å²) in [5, 5.41) is 0. The molecular weight excluding hydrogens is 470 g/mol. The lowest BCUT2D eigenvalue weighted by Gasteiger charge is -2.15. The van der Waals surface area contributed by atoms with E-state index in [1.165, 1.54) is 10.9 Å². The zero-order chi connectivity index (χ0) is 25.9. The highest BCUT2D eigenvalue weighted by Crippen LogP contribution is 2.28. The highest BCUT2D eigenvalue weighted by atomic mass is 16.5. The number of hydrogen-bond donors (Lipinski definition) is 1. The number of para-hydroxylation sites is 1. The van der Waals surface area contributed by atoms with Gasteiger partial charge in [0.2, 0.25) is 5.91 Å². The summed E-state index contributed by atoms with van der Waals surface area (Å²) in [6.07, 6.45) is 5.43. The normalized spacial score (nSPS) is 15.8. The van der Waals surface area contributed by atoms with E-state index in [9.17, 15) is 9.59 Å². The predicted molar refractivity (Wildman–Crippen MR) is 142 cm³/mol. The number of amides is 1. The molecule has 1 fully saturated rings. The van der Waals surface area contributed by atoms with Crippen LogP contribution in [0.4, 0.5) is 5.82 Å². The molecule has 10 nitrogen and oxygen atoms in total. The van der Waals surface area contributed by atoms with E-state index < -0.39 is 0 Å². The summed E-state index contributed by atoms with van der Waals surface area (Å²) in [4.78, 5) is 38.7. The van der Waals surface area contributed by atoms with Gasteiger partial charge in [0, 0.05) is 25.7 Å². The Hall–Kier alpha value is -4.44. The van der Waals surface area contributed by atoms with Gasteiger partial charge in [-0.1, -0.05) is 24.3 Å². The van der Waals surface area contributed by atoms with Crippen molar-refractivity contribution in [3.05, 3.63) is 83.6 Å². The molecule has 3 heterocycles. The van der Waals surface area contributed by atoms with E-state index in [0.29, 0.717) is 48.7 Å². The Labute approximate surface area is 214 Å². The average Bonchev–Trinajstić information content (AvgIpc) is 3.48. The molecule has 1 atom stereocenters. The lowest BCUT2D eigenvalue weighted by Crippen LogP contribution is -2.31. The van der Waals surface area contributed by atoms with Gasteiger partial charge in [0.25, 0.3) is 0 Å². The van der Waals surface area contributed by atoms with Gasteiger partial charge in [-0.3, -0.25) is 13.9 Å². The molecule has 190 valence electrons. The van der Waals surface area contributed by atoms with Crippen LogP contribution in [0, 0.1) is 0 Å². The first-order chi connectivity index (χ1) is 17.9. The van der Waals surface area contributed by atoms with Crippen LogP contribution >= 0.6 is 0 Å². The van der Waals surface area contributed by atoms with Gasteiger partial charge >= 0.3 is 5.69 Å². The molecule has 0 saturated carbocycles. The van der Waals surface area contributed by atoms with Gasteiger partial charge in [-0.2, -0.15) is 0 Å². The minimum absolute atomic E-state index is 0.0655. The molecule has 0 spiro atoms. The number of carbonyl (C=O) groups excluding carboxylic acids is 1. The number of benzene rings is 2. The first-order valence-corrected chi connectivity index (χ1v) is 12.1. The van der Waals surface area contributed by atoms with Gasteiger partial charge < -0.3 is 20.3 Å². The second-order valence-electron chi connectivity index (χ2n) is 9.22. The van der Waals surface area contributed by atoms with Crippen LogP contribution in [0.1, 0.15) is 12.5 Å². The van der Waals surface area contributed by atoms with Gasteiger partial charge in [0.05, 0.1) is 11.7 Å². The van der Waals surface area contributed by atoms with Crippen molar-refractivity contribution in [2.45, 2.75) is 12.5 Å². The molecule has 10 heteroatoms. The van der Waals surface area contributed by atoms with Crippen molar-refractivity contribution in [3.8, 4) is 17.2 Å². The van der Waals surface area contributed by atoms with Crippen LogP contribution in [-0.2, 0) is 4.79 Å². The van der Waals surface area contributed by atoms with Gasteiger partial charge in [-0.25, -0.2) is 14.8 Å². The van der Waals surface area contributed by atoms with Crippen molar-refractivity contribution >= 4 is 22.9 Å². The van der Waals surface area contributed by atoms with E-state index in [1.807, 2.05) is 55.4 Å². The number of fused-ring (bicyclic) bond motifs is 1. The van der Waals surface area contributed by atoms with E-state index in [-0.39, 0.29) is 23.5 Å². The number of likely N-dealkylation sites (tertiary alicyclic amines) is 1. The second kappa shape index (κ2) is 10.3. The summed E-state index contributed by atoms with van der Waals surface area (Å²) in [6, 6.07) is 16.4. The number of likely N-dealkylation sites (N-methyl/N-ethyl adjacent to an activating group) is 1. The fourth-order valence-electron chi connectivity index (χ4n) is 4.55. The van der Waals surface area contributed by atoms with Crippen molar-refractivity contribution in [1.29, 1.82) is 0 Å². The Balaban J connectivity index is 1.46. The minimum Gasteiger partial charge on any atom is -0.457 e. The van der Waals surface area contributed by atoms with E-state index >= 15 is 0 Å². The highest BCUT2D eigenvalue weighted by molar-refractivity contribution is 5.88. The number of ether oxygens (including phenoxy) is 1. The monoisotopic (exact) mass is 499 g/mol.